The van der Waals surface area contributed by atoms with Crippen molar-refractivity contribution < 1.29 is 14.5 Å². The summed E-state index contributed by atoms with van der Waals surface area (Å²) < 4.78 is 6.11. The first-order valence-electron chi connectivity index (χ1n) is 5.38. The number of ether oxygens (including phenoxy) is 1. The number of carbonyl (C=O) groups is 1. The molecule has 7 heteroatoms. The van der Waals surface area contributed by atoms with Gasteiger partial charge in [0.15, 0.2) is 6.29 Å². The molecule has 20 heavy (non-hydrogen) atoms. The van der Waals surface area contributed by atoms with Gasteiger partial charge in [0.1, 0.15) is 11.5 Å². The van der Waals surface area contributed by atoms with Crippen molar-refractivity contribution in [3.8, 4) is 11.5 Å². The van der Waals surface area contributed by atoms with Crippen molar-refractivity contribution in [3.63, 3.8) is 0 Å². The van der Waals surface area contributed by atoms with Crippen LogP contribution in [0.1, 0.15) is 10.4 Å². The largest absolute Gasteiger partial charge is 0.456 e. The summed E-state index contributed by atoms with van der Waals surface area (Å²) in [5.41, 5.74) is 0.381. The zero-order valence-corrected chi connectivity index (χ0v) is 12.2. The fraction of sp³-hybridized carbons (Fsp3) is 0. The van der Waals surface area contributed by atoms with Crippen LogP contribution in [0.5, 0.6) is 11.5 Å². The highest BCUT2D eigenvalue weighted by molar-refractivity contribution is 9.10. The van der Waals surface area contributed by atoms with Crippen LogP contribution in [0.25, 0.3) is 0 Å². The van der Waals surface area contributed by atoms with E-state index < -0.39 is 4.92 Å². The van der Waals surface area contributed by atoms with Crippen molar-refractivity contribution in [1.82, 2.24) is 0 Å². The third-order valence-corrected chi connectivity index (χ3v) is 3.44. The van der Waals surface area contributed by atoms with Crippen LogP contribution in [-0.2, 0) is 0 Å². The second kappa shape index (κ2) is 6.02. The number of nitro groups is 1. The minimum absolute atomic E-state index is 0.111. The summed E-state index contributed by atoms with van der Waals surface area (Å²) in [5.74, 6) is 0.751. The molecule has 0 aliphatic carbocycles. The summed E-state index contributed by atoms with van der Waals surface area (Å²) in [6, 6.07) is 8.74. The molecule has 0 spiro atoms. The molecule has 2 aromatic rings. The van der Waals surface area contributed by atoms with Gasteiger partial charge < -0.3 is 4.74 Å². The van der Waals surface area contributed by atoms with Crippen molar-refractivity contribution in [2.24, 2.45) is 0 Å². The second-order valence-corrected chi connectivity index (χ2v) is 5.04. The van der Waals surface area contributed by atoms with Crippen molar-refractivity contribution in [2.45, 2.75) is 0 Å². The van der Waals surface area contributed by atoms with Gasteiger partial charge in [-0.3, -0.25) is 14.9 Å². The molecule has 0 bridgehead atoms. The molecule has 0 fully saturated rings. The van der Waals surface area contributed by atoms with E-state index in [1.165, 1.54) is 18.2 Å². The Labute approximate surface area is 127 Å². The molecule has 0 saturated carbocycles. The summed E-state index contributed by atoms with van der Waals surface area (Å²) in [6.07, 6.45) is 0.715. The highest BCUT2D eigenvalue weighted by Gasteiger charge is 2.11. The van der Waals surface area contributed by atoms with Crippen molar-refractivity contribution >= 4 is 39.5 Å². The first-order chi connectivity index (χ1) is 9.51. The number of hydrogen-bond donors (Lipinski definition) is 0. The van der Waals surface area contributed by atoms with E-state index in [1.54, 1.807) is 18.2 Å². The van der Waals surface area contributed by atoms with Gasteiger partial charge in [-0.25, -0.2) is 0 Å². The number of hydrogen-bond acceptors (Lipinski definition) is 4. The van der Waals surface area contributed by atoms with E-state index in [-0.39, 0.29) is 10.7 Å². The molecule has 2 rings (SSSR count). The Hall–Kier alpha value is -1.92. The first-order valence-corrected chi connectivity index (χ1v) is 6.55. The molecular formula is C13H7BrClNO4. The lowest BCUT2D eigenvalue weighted by atomic mass is 10.2. The quantitative estimate of drug-likeness (QED) is 0.455. The molecule has 0 aliphatic rings. The smallest absolute Gasteiger partial charge is 0.271 e. The summed E-state index contributed by atoms with van der Waals surface area (Å²) in [6.45, 7) is 0. The van der Waals surface area contributed by atoms with Gasteiger partial charge in [0.25, 0.3) is 5.69 Å². The van der Waals surface area contributed by atoms with E-state index in [9.17, 15) is 14.9 Å². The maximum Gasteiger partial charge on any atom is 0.271 e. The standard InChI is InChI=1S/C13H7BrClNO4/c14-11-6-10(3-1-8(11)7-17)20-13-4-2-9(16(18)19)5-12(13)15/h1-7H. The summed E-state index contributed by atoms with van der Waals surface area (Å²) in [5, 5.41) is 10.7. The van der Waals surface area contributed by atoms with E-state index in [4.69, 9.17) is 16.3 Å². The Kier molecular flexibility index (Phi) is 4.36. The van der Waals surface area contributed by atoms with Crippen LogP contribution in [0.4, 0.5) is 5.69 Å². The SMILES string of the molecule is O=Cc1ccc(Oc2ccc([N+](=O)[O-])cc2Cl)cc1Br. The molecule has 0 unspecified atom stereocenters. The van der Waals surface area contributed by atoms with Crippen molar-refractivity contribution in [3.05, 3.63) is 61.6 Å². The average molecular weight is 357 g/mol. The normalized spacial score (nSPS) is 10.1. The molecule has 2 aromatic carbocycles. The van der Waals surface area contributed by atoms with Crippen LogP contribution in [0.2, 0.25) is 5.02 Å². The molecule has 0 aromatic heterocycles. The fourth-order valence-electron chi connectivity index (χ4n) is 1.48. The first kappa shape index (κ1) is 14.5. The number of benzene rings is 2. The summed E-state index contributed by atoms with van der Waals surface area (Å²) in [7, 11) is 0. The lowest BCUT2D eigenvalue weighted by Gasteiger charge is -2.08. The average Bonchev–Trinajstić information content (AvgIpc) is 2.41. The van der Waals surface area contributed by atoms with Gasteiger partial charge in [-0.15, -0.1) is 0 Å². The van der Waals surface area contributed by atoms with Gasteiger partial charge in [0, 0.05) is 22.2 Å². The van der Waals surface area contributed by atoms with E-state index in [2.05, 4.69) is 15.9 Å². The number of carbonyl (C=O) groups excluding carboxylic acids is 1. The predicted molar refractivity (Wildman–Crippen MR) is 77.7 cm³/mol. The number of nitrogens with zero attached hydrogens (tertiary/aromatic N) is 1. The zero-order chi connectivity index (χ0) is 14.7. The maximum atomic E-state index is 10.7. The molecular weight excluding hydrogens is 350 g/mol. The number of halogens is 2. The highest BCUT2D eigenvalue weighted by Crippen LogP contribution is 2.33. The molecule has 0 saturated heterocycles. The van der Waals surface area contributed by atoms with Gasteiger partial charge in [-0.05, 0) is 40.2 Å². The molecule has 0 N–H and O–H groups in total. The Bertz CT molecular complexity index is 690. The minimum atomic E-state index is -0.537. The fourth-order valence-corrected chi connectivity index (χ4v) is 2.14. The number of nitro benzene ring substituents is 1. The lowest BCUT2D eigenvalue weighted by Crippen LogP contribution is -1.91. The van der Waals surface area contributed by atoms with Crippen LogP contribution in [0.3, 0.4) is 0 Å². The number of aldehydes is 1. The van der Waals surface area contributed by atoms with E-state index in [1.807, 2.05) is 0 Å². The Morgan fingerprint density at radius 3 is 2.55 bits per heavy atom. The maximum absolute atomic E-state index is 10.7. The van der Waals surface area contributed by atoms with Gasteiger partial charge in [-0.2, -0.15) is 0 Å². The van der Waals surface area contributed by atoms with Crippen molar-refractivity contribution in [1.29, 1.82) is 0 Å². The van der Waals surface area contributed by atoms with Crippen LogP contribution < -0.4 is 4.74 Å². The number of rotatable bonds is 4. The Morgan fingerprint density at radius 1 is 1.25 bits per heavy atom. The molecule has 0 amide bonds. The molecule has 5 nitrogen and oxygen atoms in total. The van der Waals surface area contributed by atoms with Gasteiger partial charge in [0.2, 0.25) is 0 Å². The minimum Gasteiger partial charge on any atom is -0.456 e. The van der Waals surface area contributed by atoms with Gasteiger partial charge >= 0.3 is 0 Å². The molecule has 0 aliphatic heterocycles. The van der Waals surface area contributed by atoms with Crippen LogP contribution >= 0.6 is 27.5 Å². The Morgan fingerprint density at radius 2 is 2.00 bits per heavy atom. The number of non-ortho nitro benzene ring substituents is 1. The molecule has 0 atom stereocenters. The highest BCUT2D eigenvalue weighted by atomic mass is 79.9. The van der Waals surface area contributed by atoms with Crippen molar-refractivity contribution in [2.75, 3.05) is 0 Å². The topological polar surface area (TPSA) is 69.4 Å². The van der Waals surface area contributed by atoms with Crippen LogP contribution in [-0.4, -0.2) is 11.2 Å². The van der Waals surface area contributed by atoms with Crippen LogP contribution in [0, 0.1) is 10.1 Å². The molecule has 102 valence electrons. The van der Waals surface area contributed by atoms with Crippen LogP contribution in [0.15, 0.2) is 40.9 Å². The summed E-state index contributed by atoms with van der Waals surface area (Å²) >= 11 is 9.16. The summed E-state index contributed by atoms with van der Waals surface area (Å²) in [4.78, 5) is 20.8. The molecule has 0 radical (unpaired) electrons. The van der Waals surface area contributed by atoms with E-state index in [0.717, 1.165) is 0 Å². The predicted octanol–water partition coefficient (Wildman–Crippen LogP) is 4.62. The van der Waals surface area contributed by atoms with E-state index >= 15 is 0 Å². The third kappa shape index (κ3) is 3.15. The van der Waals surface area contributed by atoms with Gasteiger partial charge in [-0.1, -0.05) is 11.6 Å². The lowest BCUT2D eigenvalue weighted by molar-refractivity contribution is -0.384. The van der Waals surface area contributed by atoms with E-state index in [0.29, 0.717) is 27.8 Å². The third-order valence-electron chi connectivity index (χ3n) is 2.45. The Balaban J connectivity index is 2.28. The molecule has 0 heterocycles. The van der Waals surface area contributed by atoms with Gasteiger partial charge in [0.05, 0.1) is 9.95 Å². The monoisotopic (exact) mass is 355 g/mol. The zero-order valence-electron chi connectivity index (χ0n) is 9.88. The second-order valence-electron chi connectivity index (χ2n) is 3.78.